The Labute approximate surface area is 153 Å². The van der Waals surface area contributed by atoms with Gasteiger partial charge >= 0.3 is 0 Å². The lowest BCUT2D eigenvalue weighted by molar-refractivity contribution is 0.311. The molecule has 0 bridgehead atoms. The summed E-state index contributed by atoms with van der Waals surface area (Å²) in [5.74, 6) is 1.39. The number of aromatic nitrogens is 3. The maximum absolute atomic E-state index is 14.0. The van der Waals surface area contributed by atoms with E-state index in [0.717, 1.165) is 58.2 Å². The lowest BCUT2D eigenvalue weighted by Gasteiger charge is -2.37. The van der Waals surface area contributed by atoms with E-state index in [1.165, 1.54) is 6.07 Å². The molecule has 138 valence electrons. The Morgan fingerprint density at radius 3 is 2.23 bits per heavy atom. The second-order valence-electron chi connectivity index (χ2n) is 6.83. The van der Waals surface area contributed by atoms with Gasteiger partial charge in [-0.15, -0.1) is 5.10 Å². The van der Waals surface area contributed by atoms with Crippen LogP contribution in [0.2, 0.25) is 0 Å². The fraction of sp³-hybridized carbons (Fsp3) is 0.500. The number of piperazine rings is 2. The van der Waals surface area contributed by atoms with Crippen LogP contribution in [0, 0.1) is 5.82 Å². The normalized spacial score (nSPS) is 19.1. The first-order valence-corrected chi connectivity index (χ1v) is 9.08. The summed E-state index contributed by atoms with van der Waals surface area (Å²) in [6, 6.07) is 6.95. The van der Waals surface area contributed by atoms with Crippen molar-refractivity contribution >= 4 is 17.5 Å². The second kappa shape index (κ2) is 7.41. The predicted octanol–water partition coefficient (Wildman–Crippen LogP) is 1.09. The SMILES string of the molecule is CN1CCN(c2nncc(N3CCN(c4ccccc4F)CC3)n2)CC1. The zero-order chi connectivity index (χ0) is 17.9. The van der Waals surface area contributed by atoms with Crippen LogP contribution < -0.4 is 14.7 Å². The molecule has 0 radical (unpaired) electrons. The molecule has 2 fully saturated rings. The molecular formula is C18H24FN7. The van der Waals surface area contributed by atoms with Gasteiger partial charge in [0, 0.05) is 52.4 Å². The second-order valence-corrected chi connectivity index (χ2v) is 6.83. The van der Waals surface area contributed by atoms with Crippen LogP contribution in [0.5, 0.6) is 0 Å². The fourth-order valence-corrected chi connectivity index (χ4v) is 3.46. The first-order valence-electron chi connectivity index (χ1n) is 9.08. The summed E-state index contributed by atoms with van der Waals surface area (Å²) >= 11 is 0. The molecule has 7 nitrogen and oxygen atoms in total. The molecule has 2 aliphatic heterocycles. The number of para-hydroxylation sites is 1. The first kappa shape index (κ1) is 17.0. The van der Waals surface area contributed by atoms with Gasteiger partial charge in [0.1, 0.15) is 5.82 Å². The van der Waals surface area contributed by atoms with Gasteiger partial charge in [0.05, 0.1) is 11.9 Å². The van der Waals surface area contributed by atoms with E-state index < -0.39 is 0 Å². The maximum Gasteiger partial charge on any atom is 0.247 e. The Balaban J connectivity index is 1.42. The molecule has 1 aromatic heterocycles. The Morgan fingerprint density at radius 2 is 1.50 bits per heavy atom. The van der Waals surface area contributed by atoms with Crippen LogP contribution >= 0.6 is 0 Å². The summed E-state index contributed by atoms with van der Waals surface area (Å²) in [4.78, 5) is 13.5. The molecule has 4 rings (SSSR count). The summed E-state index contributed by atoms with van der Waals surface area (Å²) in [6.07, 6.45) is 1.72. The largest absolute Gasteiger partial charge is 0.366 e. The lowest BCUT2D eigenvalue weighted by atomic mass is 10.2. The number of anilines is 3. The van der Waals surface area contributed by atoms with Crippen LogP contribution in [0.4, 0.5) is 21.8 Å². The molecule has 1 aromatic carbocycles. The first-order chi connectivity index (χ1) is 12.7. The highest BCUT2D eigenvalue weighted by Crippen LogP contribution is 2.22. The van der Waals surface area contributed by atoms with E-state index in [4.69, 9.17) is 4.98 Å². The Hall–Kier alpha value is -2.48. The molecule has 0 atom stereocenters. The molecule has 26 heavy (non-hydrogen) atoms. The van der Waals surface area contributed by atoms with Gasteiger partial charge in [-0.1, -0.05) is 12.1 Å². The van der Waals surface area contributed by atoms with Crippen molar-refractivity contribution in [3.63, 3.8) is 0 Å². The number of hydrogen-bond acceptors (Lipinski definition) is 7. The van der Waals surface area contributed by atoms with Gasteiger partial charge in [0.2, 0.25) is 5.95 Å². The molecule has 0 unspecified atom stereocenters. The number of nitrogens with zero attached hydrogens (tertiary/aromatic N) is 7. The summed E-state index contributed by atoms with van der Waals surface area (Å²) in [5.41, 5.74) is 0.672. The molecule has 3 heterocycles. The minimum atomic E-state index is -0.165. The van der Waals surface area contributed by atoms with Gasteiger partial charge < -0.3 is 19.6 Å². The van der Waals surface area contributed by atoms with Gasteiger partial charge in [0.25, 0.3) is 0 Å². The summed E-state index contributed by atoms with van der Waals surface area (Å²) < 4.78 is 14.0. The molecule has 0 amide bonds. The van der Waals surface area contributed by atoms with Gasteiger partial charge in [-0.2, -0.15) is 10.1 Å². The lowest BCUT2D eigenvalue weighted by Crippen LogP contribution is -2.48. The van der Waals surface area contributed by atoms with E-state index in [9.17, 15) is 4.39 Å². The minimum absolute atomic E-state index is 0.165. The van der Waals surface area contributed by atoms with Crippen molar-refractivity contribution < 1.29 is 4.39 Å². The van der Waals surface area contributed by atoms with Crippen molar-refractivity contribution in [2.24, 2.45) is 0 Å². The molecule has 8 heteroatoms. The van der Waals surface area contributed by atoms with E-state index in [2.05, 4.69) is 36.8 Å². The standard InChI is InChI=1S/C18H24FN7/c1-23-6-8-26(9-7-23)18-21-17(14-20-22-18)25-12-10-24(11-13-25)16-5-3-2-4-15(16)19/h2-5,14H,6-13H2,1H3. The highest BCUT2D eigenvalue weighted by Gasteiger charge is 2.22. The maximum atomic E-state index is 14.0. The highest BCUT2D eigenvalue weighted by atomic mass is 19.1. The number of halogens is 1. The van der Waals surface area contributed by atoms with E-state index in [-0.39, 0.29) is 5.82 Å². The quantitative estimate of drug-likeness (QED) is 0.815. The van der Waals surface area contributed by atoms with E-state index in [1.54, 1.807) is 12.3 Å². The third kappa shape index (κ3) is 3.55. The van der Waals surface area contributed by atoms with E-state index in [0.29, 0.717) is 11.6 Å². The zero-order valence-electron chi connectivity index (χ0n) is 15.1. The topological polar surface area (TPSA) is 51.6 Å². The zero-order valence-corrected chi connectivity index (χ0v) is 15.1. The molecule has 0 N–H and O–H groups in total. The van der Waals surface area contributed by atoms with Gasteiger partial charge in [-0.25, -0.2) is 4.39 Å². The van der Waals surface area contributed by atoms with Crippen LogP contribution in [0.25, 0.3) is 0 Å². The van der Waals surface area contributed by atoms with Gasteiger partial charge in [0.15, 0.2) is 5.82 Å². The molecule has 2 aliphatic rings. The van der Waals surface area contributed by atoms with Crippen LogP contribution in [0.1, 0.15) is 0 Å². The van der Waals surface area contributed by atoms with E-state index in [1.807, 2.05) is 12.1 Å². The van der Waals surface area contributed by atoms with Gasteiger partial charge in [-0.05, 0) is 19.2 Å². The number of benzene rings is 1. The van der Waals surface area contributed by atoms with Crippen molar-refractivity contribution in [2.45, 2.75) is 0 Å². The molecule has 0 spiro atoms. The Bertz CT molecular complexity index is 740. The van der Waals surface area contributed by atoms with Crippen LogP contribution in [0.15, 0.2) is 30.5 Å². The van der Waals surface area contributed by atoms with Crippen LogP contribution in [-0.2, 0) is 0 Å². The summed E-state index contributed by atoms with van der Waals surface area (Å²) in [6.45, 7) is 6.95. The smallest absolute Gasteiger partial charge is 0.247 e. The Kier molecular flexibility index (Phi) is 4.83. The molecule has 2 saturated heterocycles. The molecular weight excluding hydrogens is 333 g/mol. The number of rotatable bonds is 3. The van der Waals surface area contributed by atoms with Crippen molar-refractivity contribution in [2.75, 3.05) is 74.1 Å². The van der Waals surface area contributed by atoms with Crippen LogP contribution in [-0.4, -0.2) is 79.5 Å². The van der Waals surface area contributed by atoms with E-state index >= 15 is 0 Å². The predicted molar refractivity (Wildman–Crippen MR) is 100 cm³/mol. The third-order valence-electron chi connectivity index (χ3n) is 5.12. The van der Waals surface area contributed by atoms with Crippen molar-refractivity contribution in [3.8, 4) is 0 Å². The summed E-state index contributed by atoms with van der Waals surface area (Å²) in [5, 5.41) is 8.38. The monoisotopic (exact) mass is 357 g/mol. The van der Waals surface area contributed by atoms with Crippen molar-refractivity contribution in [3.05, 3.63) is 36.3 Å². The van der Waals surface area contributed by atoms with Crippen molar-refractivity contribution in [1.29, 1.82) is 0 Å². The Morgan fingerprint density at radius 1 is 0.846 bits per heavy atom. The number of likely N-dealkylation sites (N-methyl/N-ethyl adjacent to an activating group) is 1. The fourth-order valence-electron chi connectivity index (χ4n) is 3.46. The third-order valence-corrected chi connectivity index (χ3v) is 5.12. The highest BCUT2D eigenvalue weighted by molar-refractivity contribution is 5.50. The average molecular weight is 357 g/mol. The molecule has 0 saturated carbocycles. The molecule has 2 aromatic rings. The van der Waals surface area contributed by atoms with Gasteiger partial charge in [-0.3, -0.25) is 0 Å². The average Bonchev–Trinajstić information content (AvgIpc) is 2.69. The minimum Gasteiger partial charge on any atom is -0.366 e. The molecule has 0 aliphatic carbocycles. The van der Waals surface area contributed by atoms with Crippen LogP contribution in [0.3, 0.4) is 0 Å². The number of hydrogen-bond donors (Lipinski definition) is 0. The summed E-state index contributed by atoms with van der Waals surface area (Å²) in [7, 11) is 2.13. The van der Waals surface area contributed by atoms with Crippen molar-refractivity contribution in [1.82, 2.24) is 20.1 Å².